The molecule has 9 rings (SSSR count). The predicted molar refractivity (Wildman–Crippen MR) is 263 cm³/mol. The van der Waals surface area contributed by atoms with Crippen molar-refractivity contribution in [1.29, 1.82) is 0 Å². The molecule has 3 N–H and O–H groups in total. The molecular formula is C49H52Cl2N10O9S. The molecule has 0 aliphatic carbocycles. The van der Waals surface area contributed by atoms with Gasteiger partial charge in [-0.05, 0) is 92.0 Å². The van der Waals surface area contributed by atoms with Gasteiger partial charge in [0.15, 0.2) is 0 Å². The number of benzene rings is 3. The molecule has 5 aliphatic rings. The van der Waals surface area contributed by atoms with Gasteiger partial charge in [-0.3, -0.25) is 48.7 Å². The Balaban J connectivity index is 0.685. The molecule has 0 radical (unpaired) electrons. The molecule has 1 unspecified atom stereocenters. The zero-order valence-corrected chi connectivity index (χ0v) is 41.4. The van der Waals surface area contributed by atoms with E-state index >= 15 is 0 Å². The van der Waals surface area contributed by atoms with Gasteiger partial charge in [0.1, 0.15) is 24.1 Å². The molecule has 4 aromatic rings. The van der Waals surface area contributed by atoms with Crippen LogP contribution in [0.1, 0.15) is 77.1 Å². The van der Waals surface area contributed by atoms with Crippen molar-refractivity contribution >= 4 is 80.1 Å². The second kappa shape index (κ2) is 20.4. The van der Waals surface area contributed by atoms with E-state index in [1.165, 1.54) is 18.3 Å². The van der Waals surface area contributed by atoms with Crippen molar-refractivity contribution in [3.63, 3.8) is 0 Å². The molecule has 0 spiro atoms. The molecule has 0 bridgehead atoms. The van der Waals surface area contributed by atoms with Crippen LogP contribution in [0.3, 0.4) is 0 Å². The summed E-state index contributed by atoms with van der Waals surface area (Å²) in [6.07, 6.45) is 2.53. The average molecular weight is 1030 g/mol. The number of carbonyl (C=O) groups is 5. The Bertz CT molecular complexity index is 2920. The minimum absolute atomic E-state index is 0.00333. The SMILES string of the molecule is [C-]#[N+]c1cc(C(C)(C)c2ccc(OCc3ccnc(NS(=O)(=O)C4CCN(C5CN(C6CN(C(=O)CNc7ccc8c(c7)C(=O)N(C7CCC(=O)NC7=O)C8=O)C6)C5)CC4)n3)cc2)cc(Cl)c1OCCCl. The van der Waals surface area contributed by atoms with Crippen LogP contribution in [0.4, 0.5) is 17.3 Å². The lowest BCUT2D eigenvalue weighted by atomic mass is 9.78. The van der Waals surface area contributed by atoms with Gasteiger partial charge in [-0.2, -0.15) is 0 Å². The predicted octanol–water partition coefficient (Wildman–Crippen LogP) is 4.82. The fourth-order valence-electron chi connectivity index (χ4n) is 9.66. The molecule has 0 saturated carbocycles. The van der Waals surface area contributed by atoms with E-state index in [1.807, 2.05) is 38.1 Å². The average Bonchev–Trinajstić information content (AvgIpc) is 3.57. The number of fused-ring (bicyclic) bond motifs is 1. The van der Waals surface area contributed by atoms with Crippen LogP contribution < -0.4 is 24.8 Å². The van der Waals surface area contributed by atoms with Gasteiger partial charge in [-0.15, -0.1) is 11.6 Å². The van der Waals surface area contributed by atoms with E-state index in [4.69, 9.17) is 39.2 Å². The fourth-order valence-corrected chi connectivity index (χ4v) is 11.4. The molecule has 1 aromatic heterocycles. The van der Waals surface area contributed by atoms with Crippen LogP contribution >= 0.6 is 23.2 Å². The molecule has 4 fully saturated rings. The molecule has 1 atom stereocenters. The van der Waals surface area contributed by atoms with E-state index in [-0.39, 0.29) is 67.5 Å². The minimum atomic E-state index is -3.77. The van der Waals surface area contributed by atoms with Crippen LogP contribution in [-0.4, -0.2) is 149 Å². The van der Waals surface area contributed by atoms with Crippen LogP contribution in [0.15, 0.2) is 66.9 Å². The van der Waals surface area contributed by atoms with Crippen molar-refractivity contribution in [3.8, 4) is 11.5 Å². The lowest BCUT2D eigenvalue weighted by molar-refractivity contribution is -0.140. The maximum atomic E-state index is 13.5. The van der Waals surface area contributed by atoms with Crippen LogP contribution in [0.25, 0.3) is 4.85 Å². The fraction of sp³-hybridized carbons (Fsp3) is 0.429. The van der Waals surface area contributed by atoms with Crippen molar-refractivity contribution in [2.75, 3.05) is 68.3 Å². The number of halogens is 2. The lowest BCUT2D eigenvalue weighted by Crippen LogP contribution is -2.71. The number of nitrogens with zero attached hydrogens (tertiary/aromatic N) is 7. The first-order chi connectivity index (χ1) is 34.0. The van der Waals surface area contributed by atoms with Crippen molar-refractivity contribution < 1.29 is 41.9 Å². The Kier molecular flexibility index (Phi) is 14.2. The highest BCUT2D eigenvalue weighted by atomic mass is 35.5. The van der Waals surface area contributed by atoms with Gasteiger partial charge in [-0.1, -0.05) is 37.6 Å². The monoisotopic (exact) mass is 1030 g/mol. The second-order valence-electron chi connectivity index (χ2n) is 18.8. The normalized spacial score (nSPS) is 19.4. The minimum Gasteiger partial charge on any atom is -0.502 e. The van der Waals surface area contributed by atoms with Gasteiger partial charge in [0, 0.05) is 62.0 Å². The summed E-state index contributed by atoms with van der Waals surface area (Å²) in [7, 11) is -3.77. The maximum Gasteiger partial charge on any atom is 0.262 e. The third kappa shape index (κ3) is 10.4. The number of amides is 5. The number of imide groups is 2. The summed E-state index contributed by atoms with van der Waals surface area (Å²) in [5, 5.41) is 4.99. The van der Waals surface area contributed by atoms with Gasteiger partial charge in [0.05, 0.1) is 52.7 Å². The van der Waals surface area contributed by atoms with Crippen molar-refractivity contribution in [3.05, 3.63) is 111 Å². The Hall–Kier alpha value is -6.37. The summed E-state index contributed by atoms with van der Waals surface area (Å²) in [6, 6.07) is 16.9. The number of alkyl halides is 1. The molecule has 6 heterocycles. The number of ether oxygens (including phenoxy) is 2. The highest BCUT2D eigenvalue weighted by Crippen LogP contribution is 2.42. The molecular weight excluding hydrogens is 976 g/mol. The number of hydrogen-bond acceptors (Lipinski definition) is 14. The van der Waals surface area contributed by atoms with E-state index < -0.39 is 50.4 Å². The summed E-state index contributed by atoms with van der Waals surface area (Å²) < 4.78 is 41.3. The third-order valence-corrected chi connectivity index (χ3v) is 16.3. The smallest absolute Gasteiger partial charge is 0.262 e. The number of rotatable bonds is 17. The lowest BCUT2D eigenvalue weighted by Gasteiger charge is -2.54. The van der Waals surface area contributed by atoms with Crippen LogP contribution in [-0.2, 0) is 36.4 Å². The standard InChI is InChI=1S/C49H52Cl2N10O9S/c1-49(2,30-20-39(51)44(69-19-15-50)40(21-30)52-3)29-4-7-35(8-5-29)70-28-32-12-16-53-48(55-32)57-71(67,68)36-13-17-58(18-14-36)33-24-59(25-33)34-26-60(27-34)43(63)23-54-31-6-9-37-38(22-31)47(66)61(46(37)65)41-10-11-42(62)56-45(41)64/h4-9,12,16,20-22,33-34,36,41,54H,10-11,13-15,17-19,23-28H2,1-2H3,(H,53,55,57)(H,56,62,64). The van der Waals surface area contributed by atoms with Gasteiger partial charge < -0.3 is 19.7 Å². The number of piperidine rings is 2. The van der Waals surface area contributed by atoms with Crippen molar-refractivity contribution in [2.24, 2.45) is 0 Å². The summed E-state index contributed by atoms with van der Waals surface area (Å²) in [5.41, 5.74) is 2.90. The molecule has 4 saturated heterocycles. The molecule has 3 aromatic carbocycles. The highest BCUT2D eigenvalue weighted by Gasteiger charge is 2.46. The molecule has 5 amide bonds. The number of carbonyl (C=O) groups excluding carboxylic acids is 5. The quantitative estimate of drug-likeness (QED) is 0.0735. The molecule has 22 heteroatoms. The first-order valence-electron chi connectivity index (χ1n) is 23.4. The number of sulfonamides is 1. The highest BCUT2D eigenvalue weighted by molar-refractivity contribution is 7.93. The molecule has 5 aliphatic heterocycles. The van der Waals surface area contributed by atoms with Crippen molar-refractivity contribution in [1.82, 2.24) is 34.9 Å². The van der Waals surface area contributed by atoms with E-state index in [0.717, 1.165) is 29.1 Å². The number of nitrogens with one attached hydrogen (secondary N) is 3. The van der Waals surface area contributed by atoms with E-state index in [9.17, 15) is 32.4 Å². The Morgan fingerprint density at radius 2 is 1.62 bits per heavy atom. The summed E-state index contributed by atoms with van der Waals surface area (Å²) in [6.45, 7) is 16.2. The first-order valence-corrected chi connectivity index (χ1v) is 25.8. The number of likely N-dealkylation sites (tertiary alicyclic amines) is 3. The van der Waals surface area contributed by atoms with Gasteiger partial charge in [-0.25, -0.2) is 23.2 Å². The second-order valence-corrected chi connectivity index (χ2v) is 21.5. The Morgan fingerprint density at radius 1 is 0.901 bits per heavy atom. The van der Waals surface area contributed by atoms with Gasteiger partial charge in [0.2, 0.25) is 39.4 Å². The maximum absolute atomic E-state index is 13.5. The largest absolute Gasteiger partial charge is 0.502 e. The zero-order chi connectivity index (χ0) is 50.2. The number of aromatic nitrogens is 2. The number of hydrogen-bond donors (Lipinski definition) is 3. The van der Waals surface area contributed by atoms with Crippen molar-refractivity contribution in [2.45, 2.75) is 74.9 Å². The van der Waals surface area contributed by atoms with Crippen LogP contribution in [0.2, 0.25) is 5.02 Å². The third-order valence-electron chi connectivity index (χ3n) is 14.0. The van der Waals surface area contributed by atoms with Crippen LogP contribution in [0, 0.1) is 6.57 Å². The summed E-state index contributed by atoms with van der Waals surface area (Å²) in [5.74, 6) is -1.26. The van der Waals surface area contributed by atoms with Gasteiger partial charge >= 0.3 is 0 Å². The topological polar surface area (TPSA) is 217 Å². The van der Waals surface area contributed by atoms with Gasteiger partial charge in [0.25, 0.3) is 11.8 Å². The molecule has 372 valence electrons. The van der Waals surface area contributed by atoms with Crippen LogP contribution in [0.5, 0.6) is 11.5 Å². The Morgan fingerprint density at radius 3 is 2.32 bits per heavy atom. The molecule has 19 nitrogen and oxygen atoms in total. The van der Waals surface area contributed by atoms with E-state index in [2.05, 4.69) is 40.0 Å². The summed E-state index contributed by atoms with van der Waals surface area (Å²) >= 11 is 12.3. The zero-order valence-electron chi connectivity index (χ0n) is 39.0. The first kappa shape index (κ1) is 49.6. The number of anilines is 2. The van der Waals surface area contributed by atoms with E-state index in [0.29, 0.717) is 78.7 Å². The Labute approximate surface area is 421 Å². The van der Waals surface area contributed by atoms with E-state index in [1.54, 1.807) is 29.2 Å². The molecule has 71 heavy (non-hydrogen) atoms. The summed E-state index contributed by atoms with van der Waals surface area (Å²) in [4.78, 5) is 82.8.